The minimum Gasteiger partial charge on any atom is -0.456 e. The van der Waals surface area contributed by atoms with E-state index in [0.717, 1.165) is 94.3 Å². The summed E-state index contributed by atoms with van der Waals surface area (Å²) >= 11 is 0. The molecule has 0 saturated carbocycles. The average molecular weight is 730 g/mol. The largest absolute Gasteiger partial charge is 0.456 e. The topological polar surface area (TPSA) is 29.5 Å². The quantitative estimate of drug-likeness (QED) is 0.164. The Morgan fingerprint density at radius 2 is 0.860 bits per heavy atom. The second kappa shape index (κ2) is 13.6. The highest BCUT2D eigenvalue weighted by atomic mass is 16.3. The first-order valence-corrected chi connectivity index (χ1v) is 19.3. The van der Waals surface area contributed by atoms with Crippen LogP contribution in [0.4, 0.5) is 17.1 Å². The predicted molar refractivity (Wildman–Crippen MR) is 237 cm³/mol. The molecule has 11 rings (SSSR count). The Morgan fingerprint density at radius 1 is 0.298 bits per heavy atom. The van der Waals surface area contributed by atoms with E-state index in [1.807, 2.05) is 12.1 Å². The number of nitrogens with zero attached hydrogens (tertiary/aromatic N) is 1. The van der Waals surface area contributed by atoms with Crippen molar-refractivity contribution in [2.45, 2.75) is 0 Å². The van der Waals surface area contributed by atoms with Gasteiger partial charge in [0.2, 0.25) is 0 Å². The fourth-order valence-corrected chi connectivity index (χ4v) is 8.29. The van der Waals surface area contributed by atoms with Crippen molar-refractivity contribution in [2.24, 2.45) is 0 Å². The lowest BCUT2D eigenvalue weighted by Crippen LogP contribution is -2.10. The van der Waals surface area contributed by atoms with E-state index in [2.05, 4.69) is 205 Å². The van der Waals surface area contributed by atoms with Gasteiger partial charge in [-0.15, -0.1) is 0 Å². The van der Waals surface area contributed by atoms with Gasteiger partial charge in [0.15, 0.2) is 0 Å². The summed E-state index contributed by atoms with van der Waals surface area (Å²) in [5.41, 5.74) is 15.7. The Labute approximate surface area is 330 Å². The third-order valence-electron chi connectivity index (χ3n) is 11.1. The maximum absolute atomic E-state index is 6.76. The van der Waals surface area contributed by atoms with Gasteiger partial charge in [-0.1, -0.05) is 152 Å². The summed E-state index contributed by atoms with van der Waals surface area (Å²) in [6.07, 6.45) is 0. The first-order chi connectivity index (χ1) is 28.2. The van der Waals surface area contributed by atoms with Crippen molar-refractivity contribution in [2.75, 3.05) is 4.90 Å². The number of furan rings is 2. The number of hydrogen-bond acceptors (Lipinski definition) is 3. The minimum absolute atomic E-state index is 0.851. The zero-order valence-corrected chi connectivity index (χ0v) is 31.0. The number of fused-ring (bicyclic) bond motifs is 6. The molecule has 0 amide bonds. The molecule has 0 saturated heterocycles. The highest BCUT2D eigenvalue weighted by Crippen LogP contribution is 2.47. The fourth-order valence-electron chi connectivity index (χ4n) is 8.29. The van der Waals surface area contributed by atoms with Crippen molar-refractivity contribution >= 4 is 60.9 Å². The Kier molecular flexibility index (Phi) is 7.82. The molecule has 57 heavy (non-hydrogen) atoms. The summed E-state index contributed by atoms with van der Waals surface area (Å²) in [5, 5.41) is 4.28. The second-order valence-corrected chi connectivity index (χ2v) is 14.5. The average Bonchev–Trinajstić information content (AvgIpc) is 3.86. The SMILES string of the molecule is c1ccc(-c2ccc(-c3cccc(N(c4ccc5oc6cc(-c7ccccc7)ccc6c5c4)c4ccc(-c5ccccc5)c5oc6ccccc6c45)c3)cc2)cc1. The van der Waals surface area contributed by atoms with Crippen LogP contribution >= 0.6 is 0 Å². The van der Waals surface area contributed by atoms with E-state index in [-0.39, 0.29) is 0 Å². The molecule has 2 heterocycles. The zero-order valence-electron chi connectivity index (χ0n) is 31.0. The van der Waals surface area contributed by atoms with Gasteiger partial charge >= 0.3 is 0 Å². The molecule has 0 spiro atoms. The fraction of sp³-hybridized carbons (Fsp3) is 0. The number of hydrogen-bond donors (Lipinski definition) is 0. The molecule has 3 nitrogen and oxygen atoms in total. The van der Waals surface area contributed by atoms with Crippen LogP contribution in [0.3, 0.4) is 0 Å². The first kappa shape index (κ1) is 32.8. The first-order valence-electron chi connectivity index (χ1n) is 19.3. The van der Waals surface area contributed by atoms with Gasteiger partial charge in [-0.25, -0.2) is 0 Å². The van der Waals surface area contributed by atoms with Gasteiger partial charge in [-0.3, -0.25) is 0 Å². The molecular weight excluding hydrogens is 695 g/mol. The van der Waals surface area contributed by atoms with Gasteiger partial charge in [0.05, 0.1) is 11.1 Å². The lowest BCUT2D eigenvalue weighted by molar-refractivity contribution is 0.669. The van der Waals surface area contributed by atoms with E-state index in [1.165, 1.54) is 11.1 Å². The van der Waals surface area contributed by atoms with Crippen molar-refractivity contribution in [3.05, 3.63) is 212 Å². The summed E-state index contributed by atoms with van der Waals surface area (Å²) in [4.78, 5) is 2.37. The van der Waals surface area contributed by atoms with E-state index < -0.39 is 0 Å². The molecule has 11 aromatic rings. The molecule has 0 aliphatic rings. The third-order valence-corrected chi connectivity index (χ3v) is 11.1. The van der Waals surface area contributed by atoms with E-state index in [4.69, 9.17) is 8.83 Å². The van der Waals surface area contributed by atoms with Gasteiger partial charge < -0.3 is 13.7 Å². The number of benzene rings is 9. The molecule has 0 aliphatic heterocycles. The molecule has 0 N–H and O–H groups in total. The summed E-state index contributed by atoms with van der Waals surface area (Å²) in [7, 11) is 0. The van der Waals surface area contributed by atoms with Gasteiger partial charge in [0, 0.05) is 33.1 Å². The van der Waals surface area contributed by atoms with Crippen LogP contribution in [0.25, 0.3) is 88.4 Å². The van der Waals surface area contributed by atoms with Gasteiger partial charge in [0.25, 0.3) is 0 Å². The van der Waals surface area contributed by atoms with Crippen LogP contribution in [-0.2, 0) is 0 Å². The molecule has 268 valence electrons. The lowest BCUT2D eigenvalue weighted by Gasteiger charge is -2.27. The molecule has 0 aliphatic carbocycles. The van der Waals surface area contributed by atoms with Crippen LogP contribution in [-0.4, -0.2) is 0 Å². The van der Waals surface area contributed by atoms with Gasteiger partial charge in [-0.05, 0) is 99.6 Å². The molecule has 0 unspecified atom stereocenters. The summed E-state index contributed by atoms with van der Waals surface area (Å²) in [6, 6.07) is 75.0. The van der Waals surface area contributed by atoms with E-state index >= 15 is 0 Å². The Bertz CT molecular complexity index is 3220. The molecule has 9 aromatic carbocycles. The van der Waals surface area contributed by atoms with E-state index in [1.54, 1.807) is 0 Å². The van der Waals surface area contributed by atoms with Crippen molar-refractivity contribution in [1.82, 2.24) is 0 Å². The highest BCUT2D eigenvalue weighted by molar-refractivity contribution is 6.17. The van der Waals surface area contributed by atoms with Crippen molar-refractivity contribution < 1.29 is 8.83 Å². The van der Waals surface area contributed by atoms with Crippen molar-refractivity contribution in [3.8, 4) is 44.5 Å². The molecule has 0 radical (unpaired) electrons. The molecule has 0 bridgehead atoms. The summed E-state index contributed by atoms with van der Waals surface area (Å²) in [5.74, 6) is 0. The third kappa shape index (κ3) is 5.76. The molecule has 0 atom stereocenters. The minimum atomic E-state index is 0.851. The van der Waals surface area contributed by atoms with Gasteiger partial charge in [-0.2, -0.15) is 0 Å². The second-order valence-electron chi connectivity index (χ2n) is 14.5. The monoisotopic (exact) mass is 729 g/mol. The van der Waals surface area contributed by atoms with E-state index in [9.17, 15) is 0 Å². The molecule has 2 aromatic heterocycles. The smallest absolute Gasteiger partial charge is 0.145 e. The van der Waals surface area contributed by atoms with Crippen LogP contribution in [0, 0.1) is 0 Å². The molecule has 0 fully saturated rings. The van der Waals surface area contributed by atoms with Crippen molar-refractivity contribution in [1.29, 1.82) is 0 Å². The number of rotatable bonds is 7. The maximum Gasteiger partial charge on any atom is 0.145 e. The Balaban J connectivity index is 1.12. The van der Waals surface area contributed by atoms with Crippen LogP contribution in [0.15, 0.2) is 221 Å². The van der Waals surface area contributed by atoms with Crippen LogP contribution in [0.2, 0.25) is 0 Å². The molecular formula is C54H35NO2. The van der Waals surface area contributed by atoms with Crippen LogP contribution < -0.4 is 4.90 Å². The molecule has 3 heteroatoms. The lowest BCUT2D eigenvalue weighted by atomic mass is 9.98. The van der Waals surface area contributed by atoms with Gasteiger partial charge in [0.1, 0.15) is 22.3 Å². The number of anilines is 3. The summed E-state index contributed by atoms with van der Waals surface area (Å²) < 4.78 is 13.3. The summed E-state index contributed by atoms with van der Waals surface area (Å²) in [6.45, 7) is 0. The predicted octanol–water partition coefficient (Wildman–Crippen LogP) is 15.6. The Morgan fingerprint density at radius 3 is 1.61 bits per heavy atom. The Hall–Kier alpha value is -7.62. The standard InChI is InChI=1S/C54H35NO2/c1-4-13-36(14-5-1)38-23-25-39(26-24-38)41-19-12-20-43(33-41)55(44-28-32-51-48(35-44)46-29-27-42(34-52(46)56-51)37-15-6-2-7-16-37)49-31-30-45(40-17-8-3-9-18-40)54-53(49)47-21-10-11-22-50(47)57-54/h1-35H. The normalized spacial score (nSPS) is 11.5. The highest BCUT2D eigenvalue weighted by Gasteiger charge is 2.23. The maximum atomic E-state index is 6.76. The van der Waals surface area contributed by atoms with E-state index in [0.29, 0.717) is 0 Å². The van der Waals surface area contributed by atoms with Crippen LogP contribution in [0.1, 0.15) is 0 Å². The number of para-hydroxylation sites is 1. The zero-order chi connectivity index (χ0) is 37.7. The van der Waals surface area contributed by atoms with Crippen molar-refractivity contribution in [3.63, 3.8) is 0 Å². The van der Waals surface area contributed by atoms with Crippen LogP contribution in [0.5, 0.6) is 0 Å².